The van der Waals surface area contributed by atoms with E-state index in [1.165, 1.54) is 25.9 Å². The van der Waals surface area contributed by atoms with Crippen molar-refractivity contribution < 1.29 is 4.79 Å². The van der Waals surface area contributed by atoms with Gasteiger partial charge in [-0.2, -0.15) is 0 Å². The molecule has 1 amide bonds. The number of thiazole rings is 1. The van der Waals surface area contributed by atoms with Crippen LogP contribution in [0.25, 0.3) is 0 Å². The highest BCUT2D eigenvalue weighted by Crippen LogP contribution is 2.17. The Morgan fingerprint density at radius 3 is 2.75 bits per heavy atom. The molecule has 110 valence electrons. The number of nitrogens with one attached hydrogen (secondary N) is 1. The van der Waals surface area contributed by atoms with Gasteiger partial charge in [0.2, 0.25) is 0 Å². The number of carbonyl (C=O) groups excluding carboxylic acids is 1. The Morgan fingerprint density at radius 1 is 1.25 bits per heavy atom. The van der Waals surface area contributed by atoms with Crippen molar-refractivity contribution in [3.63, 3.8) is 0 Å². The zero-order chi connectivity index (χ0) is 13.8. The molecule has 0 saturated carbocycles. The molecule has 0 aromatic carbocycles. The van der Waals surface area contributed by atoms with Gasteiger partial charge >= 0.3 is 0 Å². The molecule has 5 nitrogen and oxygen atoms in total. The predicted molar refractivity (Wildman–Crippen MR) is 80.3 cm³/mol. The Morgan fingerprint density at radius 2 is 2.00 bits per heavy atom. The average molecular weight is 294 g/mol. The van der Waals surface area contributed by atoms with E-state index in [9.17, 15) is 4.79 Å². The largest absolute Gasteiger partial charge is 0.335 e. The number of rotatable bonds is 4. The molecule has 2 saturated heterocycles. The van der Waals surface area contributed by atoms with Crippen LogP contribution in [0.15, 0.2) is 6.20 Å². The second-order valence-corrected chi connectivity index (χ2v) is 6.57. The minimum Gasteiger partial charge on any atom is -0.335 e. The Bertz CT molecular complexity index is 450. The quantitative estimate of drug-likeness (QED) is 0.893. The lowest BCUT2D eigenvalue weighted by atomic mass is 10.3. The van der Waals surface area contributed by atoms with Crippen molar-refractivity contribution in [2.75, 3.05) is 45.8 Å². The predicted octanol–water partition coefficient (Wildman–Crippen LogP) is 0.827. The number of nitrogens with zero attached hydrogens (tertiary/aromatic N) is 3. The second kappa shape index (κ2) is 6.65. The van der Waals surface area contributed by atoms with Crippen LogP contribution in [0, 0.1) is 0 Å². The third-order valence-corrected chi connectivity index (χ3v) is 5.05. The summed E-state index contributed by atoms with van der Waals surface area (Å²) in [5, 5.41) is 4.36. The Balaban J connectivity index is 1.53. The van der Waals surface area contributed by atoms with Crippen molar-refractivity contribution in [1.29, 1.82) is 0 Å². The summed E-state index contributed by atoms with van der Waals surface area (Å²) in [6.07, 6.45) is 5.38. The summed E-state index contributed by atoms with van der Waals surface area (Å²) < 4.78 is 0. The highest BCUT2D eigenvalue weighted by molar-refractivity contribution is 7.13. The van der Waals surface area contributed by atoms with Gasteiger partial charge in [-0.1, -0.05) is 0 Å². The van der Waals surface area contributed by atoms with Crippen LogP contribution in [0.4, 0.5) is 0 Å². The van der Waals surface area contributed by atoms with E-state index >= 15 is 0 Å². The molecule has 1 aromatic heterocycles. The lowest BCUT2D eigenvalue weighted by Gasteiger charge is -2.26. The van der Waals surface area contributed by atoms with Gasteiger partial charge in [0.15, 0.2) is 0 Å². The van der Waals surface area contributed by atoms with E-state index in [0.29, 0.717) is 0 Å². The Labute approximate surface area is 124 Å². The van der Waals surface area contributed by atoms with Crippen LogP contribution in [0.2, 0.25) is 0 Å². The topological polar surface area (TPSA) is 48.5 Å². The fourth-order valence-electron chi connectivity index (χ4n) is 2.81. The minimum absolute atomic E-state index is 0.149. The first-order chi connectivity index (χ1) is 9.83. The lowest BCUT2D eigenvalue weighted by Crippen LogP contribution is -2.46. The molecule has 0 unspecified atom stereocenters. The molecule has 0 atom stereocenters. The second-order valence-electron chi connectivity index (χ2n) is 5.46. The molecule has 0 bridgehead atoms. The van der Waals surface area contributed by atoms with E-state index in [2.05, 4.69) is 15.2 Å². The van der Waals surface area contributed by atoms with Gasteiger partial charge in [0.05, 0.1) is 11.2 Å². The van der Waals surface area contributed by atoms with Gasteiger partial charge in [-0.3, -0.25) is 4.79 Å². The molecule has 0 spiro atoms. The third-order valence-electron chi connectivity index (χ3n) is 4.01. The molecule has 0 radical (unpaired) electrons. The van der Waals surface area contributed by atoms with Gasteiger partial charge < -0.3 is 15.1 Å². The standard InChI is InChI=1S/C14H22N4OS/c19-14(18-9-4-15-5-10-18)12-11-16-13(20-12)3-8-17-6-1-2-7-17/h11,15H,1-10H2. The maximum Gasteiger partial charge on any atom is 0.265 e. The van der Waals surface area contributed by atoms with Gasteiger partial charge in [0.25, 0.3) is 5.91 Å². The molecule has 3 heterocycles. The van der Waals surface area contributed by atoms with Gasteiger partial charge in [-0.05, 0) is 25.9 Å². The summed E-state index contributed by atoms with van der Waals surface area (Å²) in [6, 6.07) is 0. The van der Waals surface area contributed by atoms with Gasteiger partial charge in [0.1, 0.15) is 4.88 Å². The minimum atomic E-state index is 0.149. The van der Waals surface area contributed by atoms with E-state index in [1.807, 2.05) is 4.90 Å². The van der Waals surface area contributed by atoms with Crippen LogP contribution in [0.3, 0.4) is 0 Å². The summed E-state index contributed by atoms with van der Waals surface area (Å²) in [7, 11) is 0. The van der Waals surface area contributed by atoms with Crippen molar-refractivity contribution in [1.82, 2.24) is 20.1 Å². The number of hydrogen-bond acceptors (Lipinski definition) is 5. The number of hydrogen-bond donors (Lipinski definition) is 1. The van der Waals surface area contributed by atoms with Crippen molar-refractivity contribution in [3.8, 4) is 0 Å². The summed E-state index contributed by atoms with van der Waals surface area (Å²) in [4.78, 5) is 22.0. The van der Waals surface area contributed by atoms with Crippen molar-refractivity contribution in [2.24, 2.45) is 0 Å². The normalized spacial score (nSPS) is 20.5. The fourth-order valence-corrected chi connectivity index (χ4v) is 3.68. The number of likely N-dealkylation sites (tertiary alicyclic amines) is 1. The summed E-state index contributed by atoms with van der Waals surface area (Å²) >= 11 is 1.57. The number of aromatic nitrogens is 1. The van der Waals surface area contributed by atoms with Crippen LogP contribution in [0.5, 0.6) is 0 Å². The van der Waals surface area contributed by atoms with E-state index < -0.39 is 0 Å². The molecule has 2 aliphatic rings. The number of carbonyl (C=O) groups is 1. The molecular weight excluding hydrogens is 272 g/mol. The van der Waals surface area contributed by atoms with Crippen molar-refractivity contribution in [3.05, 3.63) is 16.1 Å². The molecule has 20 heavy (non-hydrogen) atoms. The Hall–Kier alpha value is -0.980. The fraction of sp³-hybridized carbons (Fsp3) is 0.714. The molecule has 3 rings (SSSR count). The third kappa shape index (κ3) is 3.37. The van der Waals surface area contributed by atoms with Crippen LogP contribution in [0.1, 0.15) is 27.5 Å². The number of amides is 1. The summed E-state index contributed by atoms with van der Waals surface area (Å²) in [5.41, 5.74) is 0. The van der Waals surface area contributed by atoms with E-state index in [-0.39, 0.29) is 5.91 Å². The monoisotopic (exact) mass is 294 g/mol. The molecule has 1 aromatic rings. The Kier molecular flexibility index (Phi) is 4.65. The lowest BCUT2D eigenvalue weighted by molar-refractivity contribution is 0.0740. The van der Waals surface area contributed by atoms with Gasteiger partial charge in [-0.25, -0.2) is 4.98 Å². The first kappa shape index (κ1) is 14.0. The van der Waals surface area contributed by atoms with Gasteiger partial charge in [0, 0.05) is 39.1 Å². The van der Waals surface area contributed by atoms with E-state index in [0.717, 1.165) is 49.0 Å². The molecule has 2 fully saturated rings. The maximum absolute atomic E-state index is 12.3. The molecular formula is C14H22N4OS. The average Bonchev–Trinajstić information content (AvgIpc) is 3.17. The number of piperazine rings is 1. The van der Waals surface area contributed by atoms with Gasteiger partial charge in [-0.15, -0.1) is 11.3 Å². The van der Waals surface area contributed by atoms with Crippen molar-refractivity contribution >= 4 is 17.2 Å². The summed E-state index contributed by atoms with van der Waals surface area (Å²) in [6.45, 7) is 6.92. The van der Waals surface area contributed by atoms with Crippen LogP contribution < -0.4 is 5.32 Å². The first-order valence-electron chi connectivity index (χ1n) is 7.50. The summed E-state index contributed by atoms with van der Waals surface area (Å²) in [5.74, 6) is 0.149. The molecule has 1 N–H and O–H groups in total. The zero-order valence-corrected chi connectivity index (χ0v) is 12.6. The van der Waals surface area contributed by atoms with Crippen molar-refractivity contribution in [2.45, 2.75) is 19.3 Å². The molecule has 2 aliphatic heterocycles. The highest BCUT2D eigenvalue weighted by atomic mass is 32.1. The highest BCUT2D eigenvalue weighted by Gasteiger charge is 2.20. The molecule has 0 aliphatic carbocycles. The van der Waals surface area contributed by atoms with Crippen LogP contribution in [-0.4, -0.2) is 66.5 Å². The van der Waals surface area contributed by atoms with E-state index in [4.69, 9.17) is 0 Å². The maximum atomic E-state index is 12.3. The SMILES string of the molecule is O=C(c1cnc(CCN2CCCC2)s1)N1CCNCC1. The van der Waals surface area contributed by atoms with Crippen LogP contribution >= 0.6 is 11.3 Å². The smallest absolute Gasteiger partial charge is 0.265 e. The van der Waals surface area contributed by atoms with E-state index in [1.54, 1.807) is 17.5 Å². The first-order valence-corrected chi connectivity index (χ1v) is 8.31. The van der Waals surface area contributed by atoms with Crippen LogP contribution in [-0.2, 0) is 6.42 Å². The molecule has 6 heteroatoms. The zero-order valence-electron chi connectivity index (χ0n) is 11.8.